The summed E-state index contributed by atoms with van der Waals surface area (Å²) in [4.78, 5) is 21.4. The van der Waals surface area contributed by atoms with Crippen LogP contribution in [-0.4, -0.2) is 53.8 Å². The van der Waals surface area contributed by atoms with Gasteiger partial charge in [-0.2, -0.15) is 0 Å². The third-order valence-electron chi connectivity index (χ3n) is 1.76. The molecule has 0 aliphatic heterocycles. The smallest absolute Gasteiger partial charge is 0.211 e. The predicted molar refractivity (Wildman–Crippen MR) is 72.7 cm³/mol. The number of rotatable bonds is 7. The average Bonchev–Trinajstić information content (AvgIpc) is 2.12. The fraction of sp³-hybridized carbons (Fsp3) is 0.778. The van der Waals surface area contributed by atoms with Gasteiger partial charge in [0.15, 0.2) is 10.2 Å². The van der Waals surface area contributed by atoms with Gasteiger partial charge in [0.25, 0.3) is 0 Å². The van der Waals surface area contributed by atoms with E-state index in [9.17, 15) is 18.0 Å². The van der Waals surface area contributed by atoms with Gasteiger partial charge in [0.2, 0.25) is 10.0 Å². The molecule has 0 aromatic rings. The Morgan fingerprint density at radius 1 is 1.00 bits per heavy atom. The summed E-state index contributed by atoms with van der Waals surface area (Å²) in [5.74, 6) is 0.875. The Labute approximate surface area is 111 Å². The number of hydrogen-bond acceptors (Lipinski definition) is 6. The highest BCUT2D eigenvalue weighted by molar-refractivity contribution is 8.13. The van der Waals surface area contributed by atoms with Crippen LogP contribution in [-0.2, 0) is 19.6 Å². The van der Waals surface area contributed by atoms with Gasteiger partial charge in [0.05, 0.1) is 6.26 Å². The third kappa shape index (κ3) is 9.63. The lowest BCUT2D eigenvalue weighted by atomic mass is 10.6. The summed E-state index contributed by atoms with van der Waals surface area (Å²) >= 11 is 2.19. The molecule has 100 valence electrons. The Morgan fingerprint density at radius 3 is 1.59 bits per heavy atom. The molecular weight excluding hydrogens is 282 g/mol. The van der Waals surface area contributed by atoms with E-state index in [-0.39, 0.29) is 10.2 Å². The van der Waals surface area contributed by atoms with Crippen molar-refractivity contribution in [3.8, 4) is 0 Å². The lowest BCUT2D eigenvalue weighted by molar-refractivity contribution is -0.109. The molecule has 0 aromatic carbocycles. The zero-order chi connectivity index (χ0) is 13.5. The van der Waals surface area contributed by atoms with Crippen LogP contribution in [0.3, 0.4) is 0 Å². The summed E-state index contributed by atoms with van der Waals surface area (Å²) in [5, 5.41) is -0.0619. The Kier molecular flexibility index (Phi) is 8.10. The van der Waals surface area contributed by atoms with Crippen LogP contribution < -0.4 is 0 Å². The van der Waals surface area contributed by atoms with E-state index < -0.39 is 10.0 Å². The zero-order valence-electron chi connectivity index (χ0n) is 10.1. The average molecular weight is 299 g/mol. The molecule has 0 aliphatic rings. The first-order valence-electron chi connectivity index (χ1n) is 4.95. The predicted octanol–water partition coefficient (Wildman–Crippen LogP) is 0.807. The topological polar surface area (TPSA) is 71.5 Å². The van der Waals surface area contributed by atoms with Crippen molar-refractivity contribution in [3.63, 3.8) is 0 Å². The van der Waals surface area contributed by atoms with Gasteiger partial charge in [-0.25, -0.2) is 12.7 Å². The molecule has 0 radical (unpaired) electrons. The van der Waals surface area contributed by atoms with Crippen LogP contribution >= 0.6 is 23.5 Å². The second-order valence-electron chi connectivity index (χ2n) is 3.34. The third-order valence-corrected chi connectivity index (χ3v) is 4.65. The van der Waals surface area contributed by atoms with Crippen molar-refractivity contribution in [2.24, 2.45) is 0 Å². The first kappa shape index (κ1) is 16.9. The van der Waals surface area contributed by atoms with Gasteiger partial charge in [-0.15, -0.1) is 0 Å². The van der Waals surface area contributed by atoms with Crippen LogP contribution in [0.15, 0.2) is 0 Å². The van der Waals surface area contributed by atoms with Gasteiger partial charge in [-0.3, -0.25) is 9.59 Å². The fourth-order valence-corrected chi connectivity index (χ4v) is 3.30. The molecule has 0 N–H and O–H groups in total. The molecule has 0 unspecified atom stereocenters. The van der Waals surface area contributed by atoms with E-state index in [1.54, 1.807) is 0 Å². The second-order valence-corrected chi connectivity index (χ2v) is 7.87. The van der Waals surface area contributed by atoms with Crippen molar-refractivity contribution in [2.75, 3.05) is 30.9 Å². The first-order valence-corrected chi connectivity index (χ1v) is 8.77. The van der Waals surface area contributed by atoms with Crippen molar-refractivity contribution in [2.45, 2.75) is 13.8 Å². The summed E-state index contributed by atoms with van der Waals surface area (Å²) in [6.07, 6.45) is 1.13. The molecule has 0 bridgehead atoms. The number of carbonyl (C=O) groups is 2. The summed E-state index contributed by atoms with van der Waals surface area (Å²) in [5.41, 5.74) is 0. The van der Waals surface area contributed by atoms with Crippen LogP contribution in [0, 0.1) is 0 Å². The number of hydrogen-bond donors (Lipinski definition) is 0. The Balaban J connectivity index is 4.16. The Bertz CT molecular complexity index is 346. The number of thioether (sulfide) groups is 2. The maximum Gasteiger partial charge on any atom is 0.211 e. The molecule has 17 heavy (non-hydrogen) atoms. The Hall–Kier alpha value is -0.0500. The van der Waals surface area contributed by atoms with E-state index in [1.165, 1.54) is 18.2 Å². The van der Waals surface area contributed by atoms with Crippen LogP contribution in [0.2, 0.25) is 0 Å². The van der Waals surface area contributed by atoms with E-state index in [1.807, 2.05) is 0 Å². The number of nitrogens with zero attached hydrogens (tertiary/aromatic N) is 1. The SMILES string of the molecule is CC(=O)SCCN(CCSC(C)=O)S(C)(=O)=O. The first-order chi connectivity index (χ1) is 7.73. The Morgan fingerprint density at radius 2 is 1.35 bits per heavy atom. The molecule has 0 spiro atoms. The van der Waals surface area contributed by atoms with E-state index in [4.69, 9.17) is 0 Å². The molecule has 0 aliphatic carbocycles. The van der Waals surface area contributed by atoms with Gasteiger partial charge in [0, 0.05) is 38.4 Å². The van der Waals surface area contributed by atoms with Crippen molar-refractivity contribution >= 4 is 43.8 Å². The standard InChI is InChI=1S/C9H17NO4S3/c1-8(11)15-6-4-10(17(3,13)14)5-7-16-9(2)12/h4-7H2,1-3H3. The highest BCUT2D eigenvalue weighted by atomic mass is 32.2. The lowest BCUT2D eigenvalue weighted by Gasteiger charge is -2.18. The van der Waals surface area contributed by atoms with Crippen molar-refractivity contribution in [1.82, 2.24) is 4.31 Å². The number of carbonyl (C=O) groups excluding carboxylic acids is 2. The van der Waals surface area contributed by atoms with E-state index in [0.29, 0.717) is 24.6 Å². The number of sulfonamides is 1. The van der Waals surface area contributed by atoms with Crippen molar-refractivity contribution < 1.29 is 18.0 Å². The monoisotopic (exact) mass is 299 g/mol. The minimum Gasteiger partial charge on any atom is -0.288 e. The maximum absolute atomic E-state index is 11.4. The highest BCUT2D eigenvalue weighted by Crippen LogP contribution is 2.08. The van der Waals surface area contributed by atoms with Crippen LogP contribution in [0.4, 0.5) is 0 Å². The van der Waals surface area contributed by atoms with Crippen LogP contribution in [0.5, 0.6) is 0 Å². The molecule has 8 heteroatoms. The molecular formula is C9H17NO4S3. The maximum atomic E-state index is 11.4. The zero-order valence-corrected chi connectivity index (χ0v) is 12.6. The van der Waals surface area contributed by atoms with E-state index >= 15 is 0 Å². The van der Waals surface area contributed by atoms with Crippen LogP contribution in [0.1, 0.15) is 13.8 Å². The highest BCUT2D eigenvalue weighted by Gasteiger charge is 2.16. The van der Waals surface area contributed by atoms with E-state index in [2.05, 4.69) is 0 Å². The molecule has 0 saturated carbocycles. The summed E-state index contributed by atoms with van der Waals surface area (Å²) in [6, 6.07) is 0. The van der Waals surface area contributed by atoms with Gasteiger partial charge < -0.3 is 0 Å². The molecule has 0 fully saturated rings. The van der Waals surface area contributed by atoms with Crippen molar-refractivity contribution in [3.05, 3.63) is 0 Å². The molecule has 0 aromatic heterocycles. The summed E-state index contributed by atoms with van der Waals surface area (Å²) < 4.78 is 24.1. The lowest BCUT2D eigenvalue weighted by Crippen LogP contribution is -2.34. The normalized spacial score (nSPS) is 11.8. The fourth-order valence-electron chi connectivity index (χ4n) is 1.03. The molecule has 0 heterocycles. The molecule has 0 amide bonds. The van der Waals surface area contributed by atoms with Crippen LogP contribution in [0.25, 0.3) is 0 Å². The minimum absolute atomic E-state index is 0.0310. The summed E-state index contributed by atoms with van der Waals surface area (Å²) in [6.45, 7) is 3.48. The quantitative estimate of drug-likeness (QED) is 0.693. The molecule has 0 atom stereocenters. The largest absolute Gasteiger partial charge is 0.288 e. The second kappa shape index (κ2) is 8.12. The molecule has 0 rings (SSSR count). The van der Waals surface area contributed by atoms with E-state index in [0.717, 1.165) is 29.8 Å². The molecule has 5 nitrogen and oxygen atoms in total. The van der Waals surface area contributed by atoms with Crippen molar-refractivity contribution in [1.29, 1.82) is 0 Å². The molecule has 0 saturated heterocycles. The van der Waals surface area contributed by atoms with Gasteiger partial charge in [0.1, 0.15) is 0 Å². The van der Waals surface area contributed by atoms with Gasteiger partial charge >= 0.3 is 0 Å². The van der Waals surface area contributed by atoms with Gasteiger partial charge in [-0.05, 0) is 0 Å². The van der Waals surface area contributed by atoms with Gasteiger partial charge in [-0.1, -0.05) is 23.5 Å². The summed E-state index contributed by atoms with van der Waals surface area (Å²) in [7, 11) is -3.28. The minimum atomic E-state index is -3.28.